The Morgan fingerprint density at radius 1 is 1.53 bits per heavy atom. The van der Waals surface area contributed by atoms with Crippen molar-refractivity contribution in [3.63, 3.8) is 0 Å². The molecule has 0 saturated carbocycles. The minimum absolute atomic E-state index is 0.103. The van der Waals surface area contributed by atoms with E-state index >= 15 is 0 Å². The van der Waals surface area contributed by atoms with Gasteiger partial charge in [0.05, 0.1) is 4.92 Å². The lowest BCUT2D eigenvalue weighted by atomic mass is 10.1. The molecule has 1 aromatic carbocycles. The number of rotatable bonds is 3. The number of hydrogen-bond donors (Lipinski definition) is 0. The summed E-state index contributed by atoms with van der Waals surface area (Å²) in [7, 11) is 0. The number of nitrogens with zero attached hydrogens (tertiary/aromatic N) is 3. The molecule has 0 spiro atoms. The minimum atomic E-state index is -0.482. The Morgan fingerprint density at radius 3 is 2.84 bits per heavy atom. The highest BCUT2D eigenvalue weighted by Gasteiger charge is 2.30. The van der Waals surface area contributed by atoms with Crippen LogP contribution in [0.15, 0.2) is 18.2 Å². The molecule has 1 fully saturated rings. The van der Waals surface area contributed by atoms with Crippen molar-refractivity contribution in [2.45, 2.75) is 45.2 Å². The van der Waals surface area contributed by atoms with Crippen LogP contribution in [0.2, 0.25) is 0 Å². The van der Waals surface area contributed by atoms with Gasteiger partial charge in [-0.1, -0.05) is 6.92 Å². The number of nitriles is 1. The highest BCUT2D eigenvalue weighted by atomic mass is 16.6. The van der Waals surface area contributed by atoms with E-state index in [1.807, 2.05) is 12.1 Å². The van der Waals surface area contributed by atoms with E-state index in [0.29, 0.717) is 12.1 Å². The number of anilines is 1. The molecule has 0 bridgehead atoms. The zero-order chi connectivity index (χ0) is 14.0. The minimum Gasteiger partial charge on any atom is -0.366 e. The average Bonchev–Trinajstić information content (AvgIpc) is 2.79. The van der Waals surface area contributed by atoms with Crippen LogP contribution in [0.3, 0.4) is 0 Å². The van der Waals surface area contributed by atoms with Gasteiger partial charge in [0.25, 0.3) is 5.69 Å². The van der Waals surface area contributed by atoms with Crippen molar-refractivity contribution in [2.75, 3.05) is 4.90 Å². The molecule has 0 N–H and O–H groups in total. The molecule has 2 unspecified atom stereocenters. The first-order valence-corrected chi connectivity index (χ1v) is 6.55. The van der Waals surface area contributed by atoms with Gasteiger partial charge in [0.1, 0.15) is 11.6 Å². The molecule has 1 aliphatic rings. The monoisotopic (exact) mass is 259 g/mol. The van der Waals surface area contributed by atoms with Crippen molar-refractivity contribution in [3.05, 3.63) is 33.9 Å². The van der Waals surface area contributed by atoms with E-state index in [1.54, 1.807) is 6.07 Å². The van der Waals surface area contributed by atoms with Crippen molar-refractivity contribution in [1.82, 2.24) is 0 Å². The summed E-state index contributed by atoms with van der Waals surface area (Å²) in [5.41, 5.74) is 0.866. The number of hydrogen-bond acceptors (Lipinski definition) is 4. The van der Waals surface area contributed by atoms with Crippen LogP contribution in [0.5, 0.6) is 0 Å². The van der Waals surface area contributed by atoms with Gasteiger partial charge in [-0.2, -0.15) is 5.26 Å². The quantitative estimate of drug-likeness (QED) is 0.617. The van der Waals surface area contributed by atoms with Crippen molar-refractivity contribution < 1.29 is 4.92 Å². The Balaban J connectivity index is 2.43. The van der Waals surface area contributed by atoms with Crippen LogP contribution in [0.25, 0.3) is 0 Å². The lowest BCUT2D eigenvalue weighted by Gasteiger charge is -2.30. The lowest BCUT2D eigenvalue weighted by molar-refractivity contribution is -0.385. The molecule has 100 valence electrons. The van der Waals surface area contributed by atoms with Crippen molar-refractivity contribution in [2.24, 2.45) is 0 Å². The predicted molar refractivity (Wildman–Crippen MR) is 73.1 cm³/mol. The summed E-state index contributed by atoms with van der Waals surface area (Å²) in [6, 6.07) is 7.58. The number of benzene rings is 1. The summed E-state index contributed by atoms with van der Waals surface area (Å²) in [5.74, 6) is 0. The Kier molecular flexibility index (Phi) is 3.70. The molecule has 1 heterocycles. The molecule has 2 rings (SSSR count). The molecular formula is C14H17N3O2. The maximum absolute atomic E-state index is 11.0. The van der Waals surface area contributed by atoms with Crippen LogP contribution < -0.4 is 4.90 Å². The third-order valence-electron chi connectivity index (χ3n) is 3.85. The second-order valence-corrected chi connectivity index (χ2v) is 4.97. The largest absolute Gasteiger partial charge is 0.366 e. The smallest absolute Gasteiger partial charge is 0.289 e. The zero-order valence-corrected chi connectivity index (χ0v) is 11.2. The first-order valence-electron chi connectivity index (χ1n) is 6.55. The molecule has 1 aromatic rings. The van der Waals surface area contributed by atoms with Gasteiger partial charge in [0.2, 0.25) is 0 Å². The van der Waals surface area contributed by atoms with E-state index < -0.39 is 4.92 Å². The molecule has 0 aromatic heterocycles. The van der Waals surface area contributed by atoms with E-state index in [4.69, 9.17) is 5.26 Å². The topological polar surface area (TPSA) is 70.2 Å². The Hall–Kier alpha value is -2.09. The van der Waals surface area contributed by atoms with Crippen molar-refractivity contribution in [1.29, 1.82) is 5.26 Å². The summed E-state index contributed by atoms with van der Waals surface area (Å²) in [6.07, 6.45) is 3.25. The first-order chi connectivity index (χ1) is 9.08. The fourth-order valence-electron chi connectivity index (χ4n) is 2.86. The van der Waals surface area contributed by atoms with Crippen LogP contribution >= 0.6 is 0 Å². The molecule has 1 saturated heterocycles. The van der Waals surface area contributed by atoms with Crippen molar-refractivity contribution >= 4 is 11.4 Å². The van der Waals surface area contributed by atoms with E-state index in [0.717, 1.165) is 24.9 Å². The summed E-state index contributed by atoms with van der Waals surface area (Å²) in [4.78, 5) is 12.8. The normalized spacial score (nSPS) is 22.3. The third-order valence-corrected chi connectivity index (χ3v) is 3.85. The van der Waals surface area contributed by atoms with Crippen molar-refractivity contribution in [3.8, 4) is 6.07 Å². The molecule has 2 atom stereocenters. The van der Waals surface area contributed by atoms with E-state index in [2.05, 4.69) is 18.7 Å². The predicted octanol–water partition coefficient (Wildman–Crippen LogP) is 3.23. The van der Waals surface area contributed by atoms with E-state index in [1.165, 1.54) is 6.07 Å². The fraction of sp³-hybridized carbons (Fsp3) is 0.500. The molecule has 5 nitrogen and oxygen atoms in total. The highest BCUT2D eigenvalue weighted by molar-refractivity contribution is 5.61. The van der Waals surface area contributed by atoms with E-state index in [-0.39, 0.29) is 11.3 Å². The van der Waals surface area contributed by atoms with E-state index in [9.17, 15) is 10.1 Å². The van der Waals surface area contributed by atoms with Crippen LogP contribution in [-0.4, -0.2) is 17.0 Å². The van der Waals surface area contributed by atoms with Gasteiger partial charge in [-0.05, 0) is 38.3 Å². The Labute approximate surface area is 112 Å². The standard InChI is InChI=1S/C14H17N3O2/c1-3-12-6-4-10(2)16(12)13-7-5-11(9-15)14(8-13)17(18)19/h5,7-8,10,12H,3-4,6H2,1-2H3. The molecule has 19 heavy (non-hydrogen) atoms. The van der Waals surface area contributed by atoms with Crippen LogP contribution in [0, 0.1) is 21.4 Å². The summed E-state index contributed by atoms with van der Waals surface area (Å²) in [5, 5.41) is 19.9. The molecular weight excluding hydrogens is 242 g/mol. The van der Waals surface area contributed by atoms with Crippen LogP contribution in [-0.2, 0) is 0 Å². The summed E-state index contributed by atoms with van der Waals surface area (Å²) >= 11 is 0. The SMILES string of the molecule is CCC1CCC(C)N1c1ccc(C#N)c([N+](=O)[O-])c1. The van der Waals surface area contributed by atoms with Gasteiger partial charge in [-0.25, -0.2) is 0 Å². The molecule has 0 amide bonds. The number of nitro groups is 1. The number of nitro benzene ring substituents is 1. The fourth-order valence-corrected chi connectivity index (χ4v) is 2.86. The van der Waals surface area contributed by atoms with Crippen LogP contribution in [0.1, 0.15) is 38.7 Å². The summed E-state index contributed by atoms with van der Waals surface area (Å²) in [6.45, 7) is 4.27. The third kappa shape index (κ3) is 2.39. The van der Waals surface area contributed by atoms with Gasteiger partial charge < -0.3 is 4.90 Å². The second kappa shape index (κ2) is 5.27. The molecule has 0 radical (unpaired) electrons. The second-order valence-electron chi connectivity index (χ2n) is 4.97. The molecule has 1 aliphatic heterocycles. The van der Waals surface area contributed by atoms with Gasteiger partial charge in [-0.15, -0.1) is 0 Å². The maximum atomic E-state index is 11.0. The van der Waals surface area contributed by atoms with Gasteiger partial charge in [0.15, 0.2) is 0 Å². The molecule has 5 heteroatoms. The van der Waals surface area contributed by atoms with Crippen LogP contribution in [0.4, 0.5) is 11.4 Å². The lowest BCUT2D eigenvalue weighted by Crippen LogP contribution is -2.34. The summed E-state index contributed by atoms with van der Waals surface area (Å²) < 4.78 is 0. The zero-order valence-electron chi connectivity index (χ0n) is 11.2. The van der Waals surface area contributed by atoms with Gasteiger partial charge in [0, 0.05) is 23.8 Å². The first kappa shape index (κ1) is 13.3. The Bertz CT molecular complexity index is 536. The van der Waals surface area contributed by atoms with Gasteiger partial charge in [-0.3, -0.25) is 10.1 Å². The highest BCUT2D eigenvalue weighted by Crippen LogP contribution is 2.34. The van der Waals surface area contributed by atoms with Gasteiger partial charge >= 0.3 is 0 Å². The maximum Gasteiger partial charge on any atom is 0.289 e. The molecule has 0 aliphatic carbocycles. The average molecular weight is 259 g/mol. The Morgan fingerprint density at radius 2 is 2.26 bits per heavy atom.